The third-order valence-electron chi connectivity index (χ3n) is 2.27. The van der Waals surface area contributed by atoms with Crippen LogP contribution in [0.3, 0.4) is 0 Å². The van der Waals surface area contributed by atoms with Crippen LogP contribution in [-0.4, -0.2) is 18.0 Å². The van der Waals surface area contributed by atoms with Crippen molar-refractivity contribution in [2.75, 3.05) is 7.11 Å². The van der Waals surface area contributed by atoms with Gasteiger partial charge in [0.15, 0.2) is 5.76 Å². The maximum atomic E-state index is 11.2. The van der Waals surface area contributed by atoms with Gasteiger partial charge in [-0.2, -0.15) is 0 Å². The van der Waals surface area contributed by atoms with E-state index in [1.807, 2.05) is 0 Å². The number of esters is 1. The van der Waals surface area contributed by atoms with Crippen LogP contribution >= 0.6 is 8.25 Å². The van der Waals surface area contributed by atoms with E-state index < -0.39 is 14.2 Å². The lowest BCUT2D eigenvalue weighted by atomic mass is 10.1. The van der Waals surface area contributed by atoms with Crippen molar-refractivity contribution in [2.24, 2.45) is 0 Å². The Morgan fingerprint density at radius 3 is 2.44 bits per heavy atom. The van der Waals surface area contributed by atoms with Crippen molar-refractivity contribution < 1.29 is 23.5 Å². The van der Waals surface area contributed by atoms with Gasteiger partial charge in [0, 0.05) is 11.0 Å². The number of allylic oxidation sites excluding steroid dienone is 2. The molecule has 0 aliphatic rings. The van der Waals surface area contributed by atoms with Gasteiger partial charge >= 0.3 is 14.2 Å². The first-order valence-corrected chi connectivity index (χ1v) is 6.36. The first-order chi connectivity index (χ1) is 8.56. The van der Waals surface area contributed by atoms with Crippen LogP contribution in [0.15, 0.2) is 36.1 Å². The molecule has 1 N–H and O–H groups in total. The van der Waals surface area contributed by atoms with Crippen LogP contribution in [0.5, 0.6) is 0 Å². The van der Waals surface area contributed by atoms with E-state index in [0.29, 0.717) is 17.7 Å². The van der Waals surface area contributed by atoms with Crippen molar-refractivity contribution in [3.8, 4) is 0 Å². The van der Waals surface area contributed by atoms with E-state index >= 15 is 0 Å². The molecule has 1 aromatic rings. The third kappa shape index (κ3) is 4.28. The van der Waals surface area contributed by atoms with Gasteiger partial charge in [-0.15, -0.1) is 4.89 Å². The molecule has 0 aromatic heterocycles. The molecule has 1 aromatic carbocycles. The molecule has 0 saturated heterocycles. The van der Waals surface area contributed by atoms with E-state index in [-0.39, 0.29) is 0 Å². The minimum atomic E-state index is -2.65. The first kappa shape index (κ1) is 14.4. The Kier molecular flexibility index (Phi) is 5.49. The van der Waals surface area contributed by atoms with Crippen molar-refractivity contribution >= 4 is 14.2 Å². The minimum absolute atomic E-state index is 0.388. The third-order valence-corrected chi connectivity index (χ3v) is 2.66. The molecule has 1 unspecified atom stereocenters. The molecular weight excluding hydrogens is 255 g/mol. The van der Waals surface area contributed by atoms with Crippen LogP contribution in [-0.2, 0) is 20.2 Å². The van der Waals surface area contributed by atoms with Gasteiger partial charge in [-0.25, -0.2) is 9.32 Å². The molecule has 0 aliphatic heterocycles. The summed E-state index contributed by atoms with van der Waals surface area (Å²) in [5.74, 6) is 0.00641. The van der Waals surface area contributed by atoms with Gasteiger partial charge < -0.3 is 4.74 Å². The summed E-state index contributed by atoms with van der Waals surface area (Å²) in [7, 11) is -1.33. The molecule has 18 heavy (non-hydrogen) atoms. The average Bonchev–Trinajstić information content (AvgIpc) is 2.37. The Bertz CT molecular complexity index is 464. The lowest BCUT2D eigenvalue weighted by molar-refractivity contribution is 0.0600. The van der Waals surface area contributed by atoms with Gasteiger partial charge in [-0.1, -0.05) is 12.1 Å². The molecular formula is C12H14O5P+. The monoisotopic (exact) mass is 269 g/mol. The van der Waals surface area contributed by atoms with E-state index in [0.717, 1.165) is 5.56 Å². The van der Waals surface area contributed by atoms with Crippen molar-refractivity contribution in [3.63, 3.8) is 0 Å². The molecule has 96 valence electrons. The lowest BCUT2D eigenvalue weighted by Gasteiger charge is -2.02. The smallest absolute Gasteiger partial charge is 0.465 e. The van der Waals surface area contributed by atoms with Crippen LogP contribution in [0, 0.1) is 0 Å². The van der Waals surface area contributed by atoms with Crippen LogP contribution in [0.25, 0.3) is 0 Å². The topological polar surface area (TPSA) is 72.8 Å². The lowest BCUT2D eigenvalue weighted by Crippen LogP contribution is -2.01. The summed E-state index contributed by atoms with van der Waals surface area (Å²) in [5, 5.41) is 0. The number of methoxy groups -OCH3 is 1. The Balaban J connectivity index is 2.74. The van der Waals surface area contributed by atoms with E-state index in [2.05, 4.69) is 4.74 Å². The fourth-order valence-electron chi connectivity index (χ4n) is 1.37. The quantitative estimate of drug-likeness (QED) is 0.505. The Hall–Kier alpha value is -1.71. The van der Waals surface area contributed by atoms with E-state index in [9.17, 15) is 9.36 Å². The fourth-order valence-corrected chi connectivity index (χ4v) is 1.74. The van der Waals surface area contributed by atoms with Crippen molar-refractivity contribution in [3.05, 3.63) is 47.2 Å². The molecule has 0 saturated carbocycles. The zero-order valence-corrected chi connectivity index (χ0v) is 11.0. The zero-order valence-electron chi connectivity index (χ0n) is 10.1. The highest BCUT2D eigenvalue weighted by molar-refractivity contribution is 7.32. The summed E-state index contributed by atoms with van der Waals surface area (Å²) in [4.78, 5) is 19.9. The van der Waals surface area contributed by atoms with E-state index in [4.69, 9.17) is 9.42 Å². The van der Waals surface area contributed by atoms with Gasteiger partial charge in [0.25, 0.3) is 0 Å². The number of carbonyl (C=O) groups excluding carboxylic acids is 1. The normalized spacial score (nSPS) is 11.9. The van der Waals surface area contributed by atoms with Crippen LogP contribution in [0.1, 0.15) is 22.8 Å². The van der Waals surface area contributed by atoms with Gasteiger partial charge in [0.05, 0.1) is 12.7 Å². The number of ether oxygens (including phenoxy) is 1. The number of rotatable bonds is 5. The molecule has 0 aliphatic carbocycles. The van der Waals surface area contributed by atoms with Crippen LogP contribution in [0.4, 0.5) is 0 Å². The molecule has 0 heterocycles. The standard InChI is InChI=1S/C12H13O5P/c1-3-11(17-18(14)15)8-9-4-6-10(7-5-9)12(13)16-2/h3-7H,8H2,1-2H3/p+1. The summed E-state index contributed by atoms with van der Waals surface area (Å²) in [5.41, 5.74) is 1.32. The van der Waals surface area contributed by atoms with Crippen molar-refractivity contribution in [1.29, 1.82) is 0 Å². The number of benzene rings is 1. The number of hydrogen-bond donors (Lipinski definition) is 1. The highest BCUT2D eigenvalue weighted by Crippen LogP contribution is 2.23. The van der Waals surface area contributed by atoms with Crippen LogP contribution < -0.4 is 0 Å². The maximum Gasteiger partial charge on any atom is 0.747 e. The fraction of sp³-hybridized carbons (Fsp3) is 0.250. The minimum Gasteiger partial charge on any atom is -0.465 e. The summed E-state index contributed by atoms with van der Waals surface area (Å²) < 4.78 is 19.9. The molecule has 0 bridgehead atoms. The predicted molar refractivity (Wildman–Crippen MR) is 66.2 cm³/mol. The maximum absolute atomic E-state index is 11.2. The Morgan fingerprint density at radius 2 is 2.00 bits per heavy atom. The number of carbonyl (C=O) groups is 1. The van der Waals surface area contributed by atoms with Gasteiger partial charge in [0.2, 0.25) is 0 Å². The molecule has 5 nitrogen and oxygen atoms in total. The Morgan fingerprint density at radius 1 is 1.39 bits per heavy atom. The summed E-state index contributed by atoms with van der Waals surface area (Å²) in [6.45, 7) is 1.72. The molecule has 0 amide bonds. The van der Waals surface area contributed by atoms with E-state index in [1.165, 1.54) is 7.11 Å². The summed E-state index contributed by atoms with van der Waals surface area (Å²) in [6.07, 6.45) is 2.01. The predicted octanol–water partition coefficient (Wildman–Crippen LogP) is 2.59. The molecule has 1 rings (SSSR count). The van der Waals surface area contributed by atoms with Crippen molar-refractivity contribution in [2.45, 2.75) is 13.3 Å². The molecule has 0 fully saturated rings. The molecule has 0 radical (unpaired) electrons. The second-order valence-corrected chi connectivity index (χ2v) is 4.11. The molecule has 6 heteroatoms. The SMILES string of the molecule is CC=C(Cc1ccc(C(=O)OC)cc1)O[P+](=O)O. The highest BCUT2D eigenvalue weighted by atomic mass is 31.1. The second kappa shape index (κ2) is 6.89. The summed E-state index contributed by atoms with van der Waals surface area (Å²) in [6, 6.07) is 6.74. The second-order valence-electron chi connectivity index (χ2n) is 3.45. The summed E-state index contributed by atoms with van der Waals surface area (Å²) >= 11 is 0. The van der Waals surface area contributed by atoms with Crippen LogP contribution in [0.2, 0.25) is 0 Å². The van der Waals surface area contributed by atoms with Gasteiger partial charge in [-0.3, -0.25) is 0 Å². The first-order valence-electron chi connectivity index (χ1n) is 5.23. The van der Waals surface area contributed by atoms with E-state index in [1.54, 1.807) is 37.3 Å². The zero-order chi connectivity index (χ0) is 13.5. The van der Waals surface area contributed by atoms with Crippen molar-refractivity contribution in [1.82, 2.24) is 0 Å². The van der Waals surface area contributed by atoms with Gasteiger partial charge in [-0.05, 0) is 30.7 Å². The average molecular weight is 269 g/mol. The molecule has 0 spiro atoms. The number of hydrogen-bond acceptors (Lipinski definition) is 4. The highest BCUT2D eigenvalue weighted by Gasteiger charge is 2.16. The van der Waals surface area contributed by atoms with Gasteiger partial charge in [0.1, 0.15) is 0 Å². The molecule has 1 atom stereocenters. The largest absolute Gasteiger partial charge is 0.747 e. The Labute approximate surface area is 106 Å².